The SMILES string of the molecule is C=C(OC1CCCCC1)C(=O)NC1CCCCC1. The molecule has 0 aliphatic heterocycles. The van der Waals surface area contributed by atoms with Crippen LogP contribution >= 0.6 is 0 Å². The molecule has 0 saturated heterocycles. The fraction of sp³-hybridized carbons (Fsp3) is 0.800. The lowest BCUT2D eigenvalue weighted by Crippen LogP contribution is -2.38. The van der Waals surface area contributed by atoms with Gasteiger partial charge in [0.05, 0.1) is 6.10 Å². The van der Waals surface area contributed by atoms with Crippen LogP contribution in [0.25, 0.3) is 0 Å². The molecule has 0 spiro atoms. The van der Waals surface area contributed by atoms with E-state index in [1.54, 1.807) is 0 Å². The highest BCUT2D eigenvalue weighted by atomic mass is 16.5. The van der Waals surface area contributed by atoms with Crippen molar-refractivity contribution in [2.45, 2.75) is 76.4 Å². The lowest BCUT2D eigenvalue weighted by atomic mass is 9.95. The highest BCUT2D eigenvalue weighted by Gasteiger charge is 2.21. The molecule has 2 fully saturated rings. The van der Waals surface area contributed by atoms with Crippen molar-refractivity contribution in [2.75, 3.05) is 0 Å². The number of hydrogen-bond acceptors (Lipinski definition) is 2. The van der Waals surface area contributed by atoms with Gasteiger partial charge in [-0.1, -0.05) is 32.3 Å². The van der Waals surface area contributed by atoms with Gasteiger partial charge >= 0.3 is 0 Å². The van der Waals surface area contributed by atoms with Crippen LogP contribution in [0.15, 0.2) is 12.3 Å². The Hall–Kier alpha value is -0.990. The minimum Gasteiger partial charge on any atom is -0.485 e. The van der Waals surface area contributed by atoms with E-state index in [9.17, 15) is 4.79 Å². The first-order valence-electron chi connectivity index (χ1n) is 7.42. The van der Waals surface area contributed by atoms with E-state index in [0.717, 1.165) is 25.7 Å². The van der Waals surface area contributed by atoms with Gasteiger partial charge in [0.15, 0.2) is 5.76 Å². The van der Waals surface area contributed by atoms with Gasteiger partial charge in [0, 0.05) is 6.04 Å². The van der Waals surface area contributed by atoms with E-state index in [0.29, 0.717) is 11.8 Å². The summed E-state index contributed by atoms with van der Waals surface area (Å²) in [5.74, 6) is 0.208. The smallest absolute Gasteiger partial charge is 0.285 e. The van der Waals surface area contributed by atoms with Gasteiger partial charge in [0.25, 0.3) is 5.91 Å². The van der Waals surface area contributed by atoms with E-state index in [2.05, 4.69) is 11.9 Å². The molecule has 1 N–H and O–H groups in total. The van der Waals surface area contributed by atoms with Crippen LogP contribution in [0.4, 0.5) is 0 Å². The largest absolute Gasteiger partial charge is 0.485 e. The van der Waals surface area contributed by atoms with Crippen molar-refractivity contribution in [3.63, 3.8) is 0 Å². The molecule has 3 heteroatoms. The molecule has 1 amide bonds. The molecule has 0 aromatic carbocycles. The second-order valence-electron chi connectivity index (χ2n) is 5.61. The van der Waals surface area contributed by atoms with Crippen molar-refractivity contribution in [2.24, 2.45) is 0 Å². The number of carbonyl (C=O) groups excluding carboxylic acids is 1. The van der Waals surface area contributed by atoms with Crippen molar-refractivity contribution in [3.05, 3.63) is 12.3 Å². The average Bonchev–Trinajstić information content (AvgIpc) is 2.41. The summed E-state index contributed by atoms with van der Waals surface area (Å²) in [7, 11) is 0. The molecule has 2 rings (SSSR count). The van der Waals surface area contributed by atoms with Crippen LogP contribution in [0, 0.1) is 0 Å². The van der Waals surface area contributed by atoms with Gasteiger partial charge in [-0.3, -0.25) is 4.79 Å². The van der Waals surface area contributed by atoms with Crippen LogP contribution in [-0.2, 0) is 9.53 Å². The maximum Gasteiger partial charge on any atom is 0.285 e. The fourth-order valence-electron chi connectivity index (χ4n) is 2.95. The van der Waals surface area contributed by atoms with Crippen molar-refractivity contribution < 1.29 is 9.53 Å². The predicted octanol–water partition coefficient (Wildman–Crippen LogP) is 3.30. The summed E-state index contributed by atoms with van der Waals surface area (Å²) < 4.78 is 5.69. The van der Waals surface area contributed by atoms with E-state index < -0.39 is 0 Å². The molecule has 3 nitrogen and oxygen atoms in total. The third kappa shape index (κ3) is 4.04. The standard InChI is InChI=1S/C15H25NO2/c1-12(18-14-10-6-3-7-11-14)15(17)16-13-8-4-2-5-9-13/h13-14H,1-11H2,(H,16,17). The van der Waals surface area contributed by atoms with Crippen molar-refractivity contribution in [1.29, 1.82) is 0 Å². The van der Waals surface area contributed by atoms with Crippen molar-refractivity contribution in [1.82, 2.24) is 5.32 Å². The fourth-order valence-corrected chi connectivity index (χ4v) is 2.95. The predicted molar refractivity (Wildman–Crippen MR) is 72.1 cm³/mol. The van der Waals surface area contributed by atoms with Gasteiger partial charge in [-0.15, -0.1) is 0 Å². The lowest BCUT2D eigenvalue weighted by molar-refractivity contribution is -0.123. The maximum absolute atomic E-state index is 11.9. The van der Waals surface area contributed by atoms with E-state index in [-0.39, 0.29) is 12.0 Å². The van der Waals surface area contributed by atoms with Gasteiger partial charge < -0.3 is 10.1 Å². The summed E-state index contributed by atoms with van der Waals surface area (Å²) in [6.07, 6.45) is 12.0. The van der Waals surface area contributed by atoms with Gasteiger partial charge in [-0.25, -0.2) is 0 Å². The van der Waals surface area contributed by atoms with E-state index in [4.69, 9.17) is 4.74 Å². The van der Waals surface area contributed by atoms with E-state index in [1.165, 1.54) is 38.5 Å². The Morgan fingerprint density at radius 3 is 2.11 bits per heavy atom. The molecule has 0 aromatic rings. The first kappa shape index (κ1) is 13.4. The third-order valence-corrected chi connectivity index (χ3v) is 4.05. The average molecular weight is 251 g/mol. The summed E-state index contributed by atoms with van der Waals surface area (Å²) in [5.41, 5.74) is 0. The normalized spacial score (nSPS) is 22.4. The molecule has 0 aromatic heterocycles. The summed E-state index contributed by atoms with van der Waals surface area (Å²) in [5, 5.41) is 3.04. The van der Waals surface area contributed by atoms with Gasteiger partial charge in [0.2, 0.25) is 0 Å². The summed E-state index contributed by atoms with van der Waals surface area (Å²) >= 11 is 0. The van der Waals surface area contributed by atoms with Gasteiger partial charge in [-0.2, -0.15) is 0 Å². The molecule has 2 aliphatic rings. The van der Waals surface area contributed by atoms with Crippen LogP contribution in [0.2, 0.25) is 0 Å². The molecular weight excluding hydrogens is 226 g/mol. The second-order valence-corrected chi connectivity index (χ2v) is 5.61. The molecule has 2 saturated carbocycles. The Morgan fingerprint density at radius 1 is 0.944 bits per heavy atom. The molecule has 0 atom stereocenters. The number of rotatable bonds is 4. The van der Waals surface area contributed by atoms with Crippen LogP contribution in [0.3, 0.4) is 0 Å². The van der Waals surface area contributed by atoms with Crippen LogP contribution in [0.1, 0.15) is 64.2 Å². The Balaban J connectivity index is 1.71. The molecular formula is C15H25NO2. The summed E-state index contributed by atoms with van der Waals surface area (Å²) in [6, 6.07) is 0.331. The molecule has 0 bridgehead atoms. The number of hydrogen-bond donors (Lipinski definition) is 1. The highest BCUT2D eigenvalue weighted by Crippen LogP contribution is 2.22. The van der Waals surface area contributed by atoms with Gasteiger partial charge in [0.1, 0.15) is 0 Å². The zero-order valence-corrected chi connectivity index (χ0v) is 11.2. The Labute approximate surface area is 110 Å². The Bertz CT molecular complexity index is 259. The molecule has 0 heterocycles. The van der Waals surface area contributed by atoms with Crippen LogP contribution < -0.4 is 5.32 Å². The lowest BCUT2D eigenvalue weighted by Gasteiger charge is -2.26. The topological polar surface area (TPSA) is 38.3 Å². The monoisotopic (exact) mass is 251 g/mol. The number of ether oxygens (including phenoxy) is 1. The minimum atomic E-state index is -0.104. The summed E-state index contributed by atoms with van der Waals surface area (Å²) in [4.78, 5) is 11.9. The quantitative estimate of drug-likeness (QED) is 0.615. The number of nitrogens with one attached hydrogen (secondary N) is 1. The van der Waals surface area contributed by atoms with Crippen molar-refractivity contribution >= 4 is 5.91 Å². The summed E-state index contributed by atoms with van der Waals surface area (Å²) in [6.45, 7) is 3.78. The van der Waals surface area contributed by atoms with E-state index in [1.807, 2.05) is 0 Å². The Morgan fingerprint density at radius 2 is 1.50 bits per heavy atom. The van der Waals surface area contributed by atoms with Crippen LogP contribution in [-0.4, -0.2) is 18.1 Å². The van der Waals surface area contributed by atoms with Gasteiger partial charge in [-0.05, 0) is 38.5 Å². The molecule has 2 aliphatic carbocycles. The van der Waals surface area contributed by atoms with Crippen molar-refractivity contribution in [3.8, 4) is 0 Å². The highest BCUT2D eigenvalue weighted by molar-refractivity contribution is 5.91. The minimum absolute atomic E-state index is 0.104. The zero-order chi connectivity index (χ0) is 12.8. The Kier molecular flexibility index (Phi) is 5.09. The molecule has 0 radical (unpaired) electrons. The third-order valence-electron chi connectivity index (χ3n) is 4.05. The zero-order valence-electron chi connectivity index (χ0n) is 11.2. The molecule has 0 unspecified atom stereocenters. The first-order chi connectivity index (χ1) is 8.75. The number of carbonyl (C=O) groups is 1. The number of amides is 1. The maximum atomic E-state index is 11.9. The molecule has 18 heavy (non-hydrogen) atoms. The molecule has 102 valence electrons. The second kappa shape index (κ2) is 6.81. The van der Waals surface area contributed by atoms with E-state index >= 15 is 0 Å². The first-order valence-corrected chi connectivity index (χ1v) is 7.42. The van der Waals surface area contributed by atoms with Crippen LogP contribution in [0.5, 0.6) is 0 Å².